The van der Waals surface area contributed by atoms with Gasteiger partial charge in [-0.2, -0.15) is 0 Å². The van der Waals surface area contributed by atoms with E-state index in [-0.39, 0.29) is 18.7 Å². The molecule has 0 atom stereocenters. The molecule has 31 heavy (non-hydrogen) atoms. The predicted octanol–water partition coefficient (Wildman–Crippen LogP) is 4.03. The fourth-order valence-electron chi connectivity index (χ4n) is 3.84. The number of carbonyl (C=O) groups excluding carboxylic acids is 1. The summed E-state index contributed by atoms with van der Waals surface area (Å²) in [6.07, 6.45) is 3.92. The molecule has 7 heteroatoms. The monoisotopic (exact) mass is 425 g/mol. The minimum atomic E-state index is -1.89. The molecular weight excluding hydrogens is 393 g/mol. The Morgan fingerprint density at radius 3 is 2.55 bits per heavy atom. The summed E-state index contributed by atoms with van der Waals surface area (Å²) in [5.74, 6) is 0.519. The number of amides is 1. The predicted molar refractivity (Wildman–Crippen MR) is 124 cm³/mol. The van der Waals surface area contributed by atoms with Crippen LogP contribution in [0.3, 0.4) is 0 Å². The number of hydrogen-bond donors (Lipinski definition) is 1. The minimum absolute atomic E-state index is 0.176. The molecule has 0 radical (unpaired) electrons. The summed E-state index contributed by atoms with van der Waals surface area (Å²) in [5.41, 5.74) is 1.99. The van der Waals surface area contributed by atoms with Crippen LogP contribution in [0.15, 0.2) is 35.2 Å². The second-order valence-corrected chi connectivity index (χ2v) is 8.56. The highest BCUT2D eigenvalue weighted by molar-refractivity contribution is 5.87. The van der Waals surface area contributed by atoms with Crippen molar-refractivity contribution in [3.05, 3.63) is 47.2 Å². The van der Waals surface area contributed by atoms with Gasteiger partial charge in [0.1, 0.15) is 11.6 Å². The molecule has 0 unspecified atom stereocenters. The van der Waals surface area contributed by atoms with Crippen molar-refractivity contribution in [2.24, 2.45) is 12.0 Å². The molecule has 1 fully saturated rings. The van der Waals surface area contributed by atoms with Gasteiger partial charge in [-0.3, -0.25) is 4.79 Å². The van der Waals surface area contributed by atoms with Gasteiger partial charge >= 0.3 is 0 Å². The van der Waals surface area contributed by atoms with E-state index < -0.39 is 11.6 Å². The summed E-state index contributed by atoms with van der Waals surface area (Å²) in [6, 6.07) is 6.39. The van der Waals surface area contributed by atoms with E-state index in [9.17, 15) is 4.79 Å². The van der Waals surface area contributed by atoms with Gasteiger partial charge in [0, 0.05) is 44.6 Å². The molecule has 1 aliphatic rings. The molecule has 1 amide bonds. The van der Waals surface area contributed by atoms with Gasteiger partial charge in [0.05, 0.1) is 11.9 Å². The molecule has 2 aromatic rings. The first kappa shape index (κ1) is 22.9. The van der Waals surface area contributed by atoms with E-state index in [4.69, 9.17) is 0 Å². The Kier molecular flexibility index (Phi) is 6.74. The van der Waals surface area contributed by atoms with E-state index in [0.717, 1.165) is 28.2 Å². The average molecular weight is 426 g/mol. The SMILES string of the molecule is C=N/C(=C\c1cc(-c2cnc(C)n2C)ccc1C)NC(=O)C1(F)CCN(C(C)C)CC1. The Morgan fingerprint density at radius 1 is 1.32 bits per heavy atom. The fraction of sp³-hybridized carbons (Fsp3) is 0.458. The Bertz CT molecular complexity index is 999. The lowest BCUT2D eigenvalue weighted by molar-refractivity contribution is -0.135. The average Bonchev–Trinajstić information content (AvgIpc) is 3.07. The third-order valence-corrected chi connectivity index (χ3v) is 6.23. The Hall–Kier alpha value is -2.80. The number of imidazole rings is 1. The van der Waals surface area contributed by atoms with Gasteiger partial charge in [-0.25, -0.2) is 14.4 Å². The summed E-state index contributed by atoms with van der Waals surface area (Å²) < 4.78 is 17.3. The highest BCUT2D eigenvalue weighted by Crippen LogP contribution is 2.29. The van der Waals surface area contributed by atoms with Crippen LogP contribution in [-0.2, 0) is 11.8 Å². The Balaban J connectivity index is 1.80. The number of nitrogens with one attached hydrogen (secondary N) is 1. The van der Waals surface area contributed by atoms with E-state index >= 15 is 4.39 Å². The third-order valence-electron chi connectivity index (χ3n) is 6.23. The molecule has 1 aliphatic heterocycles. The van der Waals surface area contributed by atoms with E-state index in [1.165, 1.54) is 0 Å². The number of aromatic nitrogens is 2. The van der Waals surface area contributed by atoms with Gasteiger partial charge in [-0.15, -0.1) is 0 Å². The molecule has 166 valence electrons. The van der Waals surface area contributed by atoms with Gasteiger partial charge in [-0.05, 0) is 57.7 Å². The molecule has 0 aliphatic carbocycles. The van der Waals surface area contributed by atoms with Crippen LogP contribution in [0, 0.1) is 13.8 Å². The minimum Gasteiger partial charge on any atom is -0.331 e. The van der Waals surface area contributed by atoms with Crippen LogP contribution in [0.25, 0.3) is 17.3 Å². The number of rotatable bonds is 6. The standard InChI is InChI=1S/C24H32FN5O/c1-16(2)30-11-9-24(25,10-12-30)23(31)28-22(26-5)14-20-13-19(8-7-17(20)3)21-15-27-18(4)29(21)6/h7-8,13-16H,5,9-12H2,1-4,6H3,(H,28,31)/b22-14+. The van der Waals surface area contributed by atoms with Crippen molar-refractivity contribution < 1.29 is 9.18 Å². The molecule has 6 nitrogen and oxygen atoms in total. The summed E-state index contributed by atoms with van der Waals surface area (Å²) in [6.45, 7) is 12.8. The van der Waals surface area contributed by atoms with E-state index in [2.05, 4.69) is 40.8 Å². The molecule has 1 aromatic heterocycles. The van der Waals surface area contributed by atoms with Gasteiger partial charge in [0.2, 0.25) is 0 Å². The molecule has 3 rings (SSSR count). The quantitative estimate of drug-likeness (QED) is 0.711. The maximum atomic E-state index is 15.3. The van der Waals surface area contributed by atoms with E-state index in [1.807, 2.05) is 49.9 Å². The zero-order valence-electron chi connectivity index (χ0n) is 19.1. The maximum absolute atomic E-state index is 15.3. The van der Waals surface area contributed by atoms with Crippen molar-refractivity contribution in [1.29, 1.82) is 0 Å². The summed E-state index contributed by atoms with van der Waals surface area (Å²) in [7, 11) is 1.97. The molecule has 0 saturated carbocycles. The molecule has 1 saturated heterocycles. The number of carbonyl (C=O) groups is 1. The Labute approximate surface area is 183 Å². The van der Waals surface area contributed by atoms with Crippen molar-refractivity contribution in [3.63, 3.8) is 0 Å². The number of nitrogens with zero attached hydrogens (tertiary/aromatic N) is 4. The lowest BCUT2D eigenvalue weighted by atomic mass is 9.91. The number of hydrogen-bond acceptors (Lipinski definition) is 4. The molecule has 0 bridgehead atoms. The maximum Gasteiger partial charge on any atom is 0.263 e. The highest BCUT2D eigenvalue weighted by atomic mass is 19.1. The van der Waals surface area contributed by atoms with Gasteiger partial charge in [0.25, 0.3) is 5.91 Å². The third kappa shape index (κ3) is 4.93. The van der Waals surface area contributed by atoms with Crippen molar-refractivity contribution >= 4 is 18.7 Å². The zero-order valence-corrected chi connectivity index (χ0v) is 19.1. The van der Waals surface area contributed by atoms with Crippen molar-refractivity contribution in [2.45, 2.75) is 52.2 Å². The van der Waals surface area contributed by atoms with Crippen molar-refractivity contribution in [2.75, 3.05) is 13.1 Å². The van der Waals surface area contributed by atoms with Gasteiger partial charge in [-0.1, -0.05) is 12.1 Å². The second-order valence-electron chi connectivity index (χ2n) is 8.56. The first-order chi connectivity index (χ1) is 14.6. The summed E-state index contributed by atoms with van der Waals surface area (Å²) in [4.78, 5) is 23.2. The molecule has 2 heterocycles. The topological polar surface area (TPSA) is 62.5 Å². The number of aryl methyl sites for hydroxylation is 2. The lowest BCUT2D eigenvalue weighted by Gasteiger charge is -2.37. The molecule has 1 N–H and O–H groups in total. The highest BCUT2D eigenvalue weighted by Gasteiger charge is 2.42. The van der Waals surface area contributed by atoms with Crippen LogP contribution in [0.5, 0.6) is 0 Å². The van der Waals surface area contributed by atoms with E-state index in [1.54, 1.807) is 6.08 Å². The smallest absolute Gasteiger partial charge is 0.263 e. The summed E-state index contributed by atoms with van der Waals surface area (Å²) >= 11 is 0. The Morgan fingerprint density at radius 2 is 2.00 bits per heavy atom. The normalized spacial score (nSPS) is 17.1. The van der Waals surface area contributed by atoms with Crippen LogP contribution in [0.2, 0.25) is 0 Å². The lowest BCUT2D eigenvalue weighted by Crippen LogP contribution is -2.52. The van der Waals surface area contributed by atoms with Crippen LogP contribution in [0.1, 0.15) is 43.6 Å². The number of alkyl halides is 1. The van der Waals surface area contributed by atoms with Crippen molar-refractivity contribution in [1.82, 2.24) is 19.8 Å². The molecule has 0 spiro atoms. The van der Waals surface area contributed by atoms with Gasteiger partial charge < -0.3 is 14.8 Å². The fourth-order valence-corrected chi connectivity index (χ4v) is 3.84. The zero-order chi connectivity index (χ0) is 22.8. The largest absolute Gasteiger partial charge is 0.331 e. The molecule has 1 aromatic carbocycles. The molecular formula is C24H32FN5O. The number of likely N-dealkylation sites (tertiary alicyclic amines) is 1. The number of benzene rings is 1. The van der Waals surface area contributed by atoms with Gasteiger partial charge in [0.15, 0.2) is 5.67 Å². The number of aliphatic imine (C=N–C) groups is 1. The van der Waals surface area contributed by atoms with Crippen LogP contribution < -0.4 is 5.32 Å². The second kappa shape index (κ2) is 9.14. The van der Waals surface area contributed by atoms with Crippen LogP contribution >= 0.6 is 0 Å². The number of halogens is 1. The van der Waals surface area contributed by atoms with E-state index in [0.29, 0.717) is 19.1 Å². The summed E-state index contributed by atoms with van der Waals surface area (Å²) in [5, 5.41) is 2.65. The van der Waals surface area contributed by atoms with Crippen LogP contribution in [-0.4, -0.2) is 51.9 Å². The van der Waals surface area contributed by atoms with Crippen LogP contribution in [0.4, 0.5) is 4.39 Å². The first-order valence-corrected chi connectivity index (χ1v) is 10.7. The first-order valence-electron chi connectivity index (χ1n) is 10.7. The number of piperidine rings is 1. The van der Waals surface area contributed by atoms with Crippen molar-refractivity contribution in [3.8, 4) is 11.3 Å².